The van der Waals surface area contributed by atoms with E-state index in [0.717, 1.165) is 21.9 Å². The molecule has 0 fully saturated rings. The van der Waals surface area contributed by atoms with Crippen LogP contribution in [0.25, 0.3) is 0 Å². The average molecular weight is 336 g/mol. The van der Waals surface area contributed by atoms with E-state index in [1.165, 1.54) is 0 Å². The van der Waals surface area contributed by atoms with Gasteiger partial charge in [0.15, 0.2) is 0 Å². The van der Waals surface area contributed by atoms with E-state index in [2.05, 4.69) is 25.9 Å². The number of hydrogen-bond donors (Lipinski definition) is 0. The summed E-state index contributed by atoms with van der Waals surface area (Å²) in [4.78, 5) is 10.9. The van der Waals surface area contributed by atoms with Crippen molar-refractivity contribution in [3.8, 4) is 0 Å². The molecular formula is C16H11BBrN3. The molecular weight excluding hydrogens is 325 g/mol. The van der Waals surface area contributed by atoms with Crippen LogP contribution >= 0.6 is 15.9 Å². The summed E-state index contributed by atoms with van der Waals surface area (Å²) in [5, 5.41) is 0. The summed E-state index contributed by atoms with van der Waals surface area (Å²) in [7, 11) is 5.82. The lowest BCUT2D eigenvalue weighted by atomic mass is 10.0. The van der Waals surface area contributed by atoms with Crippen LogP contribution in [0.2, 0.25) is 0 Å². The molecule has 5 heteroatoms. The van der Waals surface area contributed by atoms with Crippen molar-refractivity contribution in [2.24, 2.45) is 0 Å². The number of hydrogen-bond acceptors (Lipinski definition) is 3. The summed E-state index contributed by atoms with van der Waals surface area (Å²) in [5.74, 6) is 1.50. The predicted molar refractivity (Wildman–Crippen MR) is 89.8 cm³/mol. The van der Waals surface area contributed by atoms with Crippen LogP contribution in [-0.4, -0.2) is 17.8 Å². The van der Waals surface area contributed by atoms with Crippen molar-refractivity contribution >= 4 is 46.7 Å². The first-order valence-electron chi connectivity index (χ1n) is 6.44. The topological polar surface area (TPSA) is 29.0 Å². The van der Waals surface area contributed by atoms with Crippen molar-refractivity contribution < 1.29 is 0 Å². The zero-order chi connectivity index (χ0) is 14.7. The highest BCUT2D eigenvalue weighted by atomic mass is 79.9. The molecule has 2 aromatic heterocycles. The van der Waals surface area contributed by atoms with Crippen LogP contribution in [0.5, 0.6) is 0 Å². The van der Waals surface area contributed by atoms with Gasteiger partial charge in [-0.1, -0.05) is 36.4 Å². The van der Waals surface area contributed by atoms with Gasteiger partial charge in [0.1, 0.15) is 24.1 Å². The number of para-hydroxylation sites is 1. The van der Waals surface area contributed by atoms with E-state index >= 15 is 0 Å². The van der Waals surface area contributed by atoms with Crippen LogP contribution < -0.4 is 10.5 Å². The van der Waals surface area contributed by atoms with E-state index in [1.54, 1.807) is 6.07 Å². The molecule has 0 aliphatic carbocycles. The largest absolute Gasteiger partial charge is 0.279 e. The fourth-order valence-corrected chi connectivity index (χ4v) is 2.38. The van der Waals surface area contributed by atoms with Gasteiger partial charge in [-0.25, -0.2) is 9.97 Å². The second kappa shape index (κ2) is 6.10. The Bertz CT molecular complexity index is 704. The Labute approximate surface area is 133 Å². The minimum Gasteiger partial charge on any atom is -0.279 e. The molecule has 0 amide bonds. The number of nitrogens with zero attached hydrogens (tertiary/aromatic N) is 3. The van der Waals surface area contributed by atoms with E-state index in [4.69, 9.17) is 7.85 Å². The zero-order valence-corrected chi connectivity index (χ0v) is 12.7. The molecule has 3 nitrogen and oxygen atoms in total. The van der Waals surface area contributed by atoms with Crippen molar-refractivity contribution in [1.82, 2.24) is 9.97 Å². The van der Waals surface area contributed by atoms with E-state index < -0.39 is 0 Å². The number of pyridine rings is 2. The fourth-order valence-electron chi connectivity index (χ4n) is 2.05. The van der Waals surface area contributed by atoms with E-state index in [9.17, 15) is 0 Å². The molecule has 100 valence electrons. The van der Waals surface area contributed by atoms with Crippen molar-refractivity contribution in [3.05, 3.63) is 71.3 Å². The summed E-state index contributed by atoms with van der Waals surface area (Å²) in [6.45, 7) is 0. The lowest BCUT2D eigenvalue weighted by Gasteiger charge is -2.23. The summed E-state index contributed by atoms with van der Waals surface area (Å²) in [6.07, 6.45) is 0. The maximum absolute atomic E-state index is 5.82. The third-order valence-corrected chi connectivity index (χ3v) is 3.37. The van der Waals surface area contributed by atoms with Gasteiger partial charge in [0, 0.05) is 5.69 Å². The molecule has 2 radical (unpaired) electrons. The van der Waals surface area contributed by atoms with Crippen LogP contribution in [0, 0.1) is 0 Å². The number of halogens is 1. The second-order valence-corrected chi connectivity index (χ2v) is 5.22. The highest BCUT2D eigenvalue weighted by Crippen LogP contribution is 2.31. The van der Waals surface area contributed by atoms with Gasteiger partial charge in [-0.3, -0.25) is 4.90 Å². The van der Waals surface area contributed by atoms with Crippen LogP contribution in [-0.2, 0) is 0 Å². The Balaban J connectivity index is 2.16. The van der Waals surface area contributed by atoms with E-state index in [0.29, 0.717) is 5.59 Å². The lowest BCUT2D eigenvalue weighted by Crippen LogP contribution is -2.17. The molecule has 0 saturated carbocycles. The molecule has 21 heavy (non-hydrogen) atoms. The quantitative estimate of drug-likeness (QED) is 0.542. The van der Waals surface area contributed by atoms with Gasteiger partial charge in [-0.15, -0.1) is 0 Å². The normalized spacial score (nSPS) is 10.3. The summed E-state index contributed by atoms with van der Waals surface area (Å²) in [5.41, 5.74) is 1.45. The van der Waals surface area contributed by atoms with Gasteiger partial charge in [-0.2, -0.15) is 0 Å². The summed E-state index contributed by atoms with van der Waals surface area (Å²) >= 11 is 3.41. The molecule has 1 aromatic carbocycles. The highest BCUT2D eigenvalue weighted by molar-refractivity contribution is 9.10. The van der Waals surface area contributed by atoms with Crippen LogP contribution in [0.3, 0.4) is 0 Å². The Kier molecular flexibility index (Phi) is 4.02. The first kappa shape index (κ1) is 13.8. The molecule has 2 heterocycles. The predicted octanol–water partition coefficient (Wildman–Crippen LogP) is 3.50. The van der Waals surface area contributed by atoms with Crippen molar-refractivity contribution in [3.63, 3.8) is 0 Å². The van der Waals surface area contributed by atoms with Gasteiger partial charge >= 0.3 is 0 Å². The zero-order valence-electron chi connectivity index (χ0n) is 11.1. The van der Waals surface area contributed by atoms with E-state index in [1.807, 2.05) is 65.6 Å². The minimum absolute atomic E-state index is 0.475. The van der Waals surface area contributed by atoms with Gasteiger partial charge in [0.25, 0.3) is 0 Å². The molecule has 3 rings (SSSR count). The highest BCUT2D eigenvalue weighted by Gasteiger charge is 2.14. The number of rotatable bonds is 3. The SMILES string of the molecule is [B]c1cccc(N(c2ccccc2)c2cccc(Br)n2)n1. The van der Waals surface area contributed by atoms with Crippen LogP contribution in [0.15, 0.2) is 71.3 Å². The summed E-state index contributed by atoms with van der Waals surface area (Å²) < 4.78 is 0.768. The molecule has 0 atom stereocenters. The molecule has 0 N–H and O–H groups in total. The number of anilines is 3. The standard InChI is InChI=1S/C16H11BBrN3/c17-13-8-4-10-15(19-13)21(12-6-2-1-3-7-12)16-11-5-9-14(18)20-16/h1-11H. The number of aromatic nitrogens is 2. The maximum atomic E-state index is 5.82. The van der Waals surface area contributed by atoms with Gasteiger partial charge in [0.2, 0.25) is 0 Å². The third-order valence-electron chi connectivity index (χ3n) is 2.93. The van der Waals surface area contributed by atoms with Crippen molar-refractivity contribution in [2.75, 3.05) is 4.90 Å². The first-order valence-corrected chi connectivity index (χ1v) is 7.23. The smallest absolute Gasteiger partial charge is 0.141 e. The van der Waals surface area contributed by atoms with Crippen LogP contribution in [0.4, 0.5) is 17.3 Å². The van der Waals surface area contributed by atoms with Crippen molar-refractivity contribution in [1.29, 1.82) is 0 Å². The van der Waals surface area contributed by atoms with Crippen molar-refractivity contribution in [2.45, 2.75) is 0 Å². The molecule has 0 aliphatic rings. The Hall–Kier alpha value is -2.14. The monoisotopic (exact) mass is 335 g/mol. The van der Waals surface area contributed by atoms with E-state index in [-0.39, 0.29) is 0 Å². The number of benzene rings is 1. The third kappa shape index (κ3) is 3.14. The Morgan fingerprint density at radius 1 is 0.762 bits per heavy atom. The second-order valence-electron chi connectivity index (χ2n) is 4.41. The molecule has 0 aliphatic heterocycles. The fraction of sp³-hybridized carbons (Fsp3) is 0. The Morgan fingerprint density at radius 2 is 1.43 bits per heavy atom. The molecule has 0 saturated heterocycles. The average Bonchev–Trinajstić information content (AvgIpc) is 2.49. The maximum Gasteiger partial charge on any atom is 0.141 e. The molecule has 0 bridgehead atoms. The summed E-state index contributed by atoms with van der Waals surface area (Å²) in [6, 6.07) is 21.3. The Morgan fingerprint density at radius 3 is 2.10 bits per heavy atom. The molecule has 0 spiro atoms. The van der Waals surface area contributed by atoms with Gasteiger partial charge in [-0.05, 0) is 51.9 Å². The van der Waals surface area contributed by atoms with Gasteiger partial charge in [0.05, 0.1) is 0 Å². The first-order chi connectivity index (χ1) is 10.2. The van der Waals surface area contributed by atoms with Crippen LogP contribution in [0.1, 0.15) is 0 Å². The minimum atomic E-state index is 0.475. The molecule has 3 aromatic rings. The molecule has 0 unspecified atom stereocenters. The van der Waals surface area contributed by atoms with Gasteiger partial charge < -0.3 is 0 Å². The lowest BCUT2D eigenvalue weighted by molar-refractivity contribution is 1.12.